The van der Waals surface area contributed by atoms with Crippen LogP contribution in [0.5, 0.6) is 17.2 Å². The van der Waals surface area contributed by atoms with E-state index in [1.54, 1.807) is 6.92 Å². The quantitative estimate of drug-likeness (QED) is 0.189. The Kier molecular flexibility index (Phi) is 7.19. The molecule has 5 rings (SSSR count). The second-order valence-electron chi connectivity index (χ2n) is 10.4. The number of phenols is 2. The average Bonchev–Trinajstić information content (AvgIpc) is 2.92. The van der Waals surface area contributed by atoms with Gasteiger partial charge in [-0.25, -0.2) is 0 Å². The third-order valence-corrected chi connectivity index (χ3v) is 8.10. The maximum absolute atomic E-state index is 13.7. The highest BCUT2D eigenvalue weighted by molar-refractivity contribution is 6.31. The van der Waals surface area contributed by atoms with Gasteiger partial charge in [0.05, 0.1) is 54.4 Å². The molecule has 0 radical (unpaired) electrons. The maximum Gasteiger partial charge on any atom is 0.202 e. The minimum atomic E-state index is -1.84. The number of fused-ring (bicyclic) bond motifs is 3. The van der Waals surface area contributed by atoms with Crippen molar-refractivity contribution in [2.75, 3.05) is 20.8 Å². The molecule has 6 atom stereocenters. The first-order valence-electron chi connectivity index (χ1n) is 12.9. The Morgan fingerprint density at radius 1 is 1.18 bits per heavy atom. The van der Waals surface area contributed by atoms with E-state index in [0.717, 1.165) is 0 Å². The summed E-state index contributed by atoms with van der Waals surface area (Å²) >= 11 is 0. The van der Waals surface area contributed by atoms with E-state index in [4.69, 9.17) is 19.9 Å². The van der Waals surface area contributed by atoms with Crippen molar-refractivity contribution in [3.63, 3.8) is 0 Å². The van der Waals surface area contributed by atoms with Crippen LogP contribution in [-0.2, 0) is 15.9 Å². The van der Waals surface area contributed by atoms with Gasteiger partial charge >= 0.3 is 0 Å². The van der Waals surface area contributed by atoms with Crippen LogP contribution in [0.3, 0.4) is 0 Å². The molecule has 1 heterocycles. The summed E-state index contributed by atoms with van der Waals surface area (Å²) in [6, 6.07) is 3.78. The number of phenolic OH excluding ortho intramolecular Hbond substituents is 2. The lowest BCUT2D eigenvalue weighted by Gasteiger charge is -2.43. The molecule has 12 heteroatoms. The predicted molar refractivity (Wildman–Crippen MR) is 140 cm³/mol. The number of nitrogens with zero attached hydrogens (tertiary/aromatic N) is 1. The molecular formula is C28H32N2O10. The minimum absolute atomic E-state index is 0.00585. The number of ether oxygens (including phenoxy) is 3. The zero-order valence-electron chi connectivity index (χ0n) is 22.2. The summed E-state index contributed by atoms with van der Waals surface area (Å²) in [5.74, 6) is -2.49. The fourth-order valence-corrected chi connectivity index (χ4v) is 6.04. The van der Waals surface area contributed by atoms with Crippen molar-refractivity contribution in [3.8, 4) is 17.2 Å². The molecule has 1 saturated heterocycles. The number of hydrogen-bond donors (Lipinski definition) is 6. The van der Waals surface area contributed by atoms with Crippen LogP contribution in [0.2, 0.25) is 0 Å². The Hall–Kier alpha value is -3.39. The van der Waals surface area contributed by atoms with Gasteiger partial charge in [-0.05, 0) is 13.0 Å². The fourth-order valence-electron chi connectivity index (χ4n) is 6.04. The fraction of sp³-hybridized carbons (Fsp3) is 0.464. The second-order valence-corrected chi connectivity index (χ2v) is 10.4. The Labute approximate surface area is 229 Å². The van der Waals surface area contributed by atoms with Gasteiger partial charge in [0, 0.05) is 49.0 Å². The van der Waals surface area contributed by atoms with Gasteiger partial charge in [-0.3, -0.25) is 14.6 Å². The van der Waals surface area contributed by atoms with E-state index in [1.807, 2.05) is 0 Å². The molecule has 1 fully saturated rings. The van der Waals surface area contributed by atoms with Crippen molar-refractivity contribution in [3.05, 3.63) is 51.6 Å². The first kappa shape index (κ1) is 28.1. The van der Waals surface area contributed by atoms with E-state index >= 15 is 0 Å². The van der Waals surface area contributed by atoms with Crippen LogP contribution in [-0.4, -0.2) is 93.7 Å². The highest BCUT2D eigenvalue weighted by atomic mass is 16.7. The number of nitrogens with two attached hydrogens (primary N) is 1. The molecule has 7 N–H and O–H groups in total. The molecule has 2 aliphatic carbocycles. The SMILES string of the molecule is CN=C(CO)[C@]1(O)Cc2c(O)c3c(c(O)c2[C@@H](OC2C[C@H](N)[C@H](O)[C@H](C)O2)C1)C(=O)c1c(OC)cccc1C3=O. The molecule has 2 aromatic carbocycles. The highest BCUT2D eigenvalue weighted by Gasteiger charge is 2.49. The van der Waals surface area contributed by atoms with Crippen LogP contribution in [0.25, 0.3) is 0 Å². The summed E-state index contributed by atoms with van der Waals surface area (Å²) in [6.45, 7) is 1.01. The van der Waals surface area contributed by atoms with Crippen LogP contribution in [0, 0.1) is 0 Å². The number of aliphatic imine (C=N–C) groups is 1. The third kappa shape index (κ3) is 4.19. The van der Waals surface area contributed by atoms with E-state index in [-0.39, 0.29) is 53.0 Å². The molecule has 40 heavy (non-hydrogen) atoms. The molecule has 0 spiro atoms. The van der Waals surface area contributed by atoms with Gasteiger partial charge in [0.1, 0.15) is 22.8 Å². The van der Waals surface area contributed by atoms with Crippen LogP contribution in [0.15, 0.2) is 23.2 Å². The Morgan fingerprint density at radius 3 is 2.50 bits per heavy atom. The molecule has 1 aliphatic heterocycles. The third-order valence-electron chi connectivity index (χ3n) is 8.10. The molecule has 3 aliphatic rings. The number of rotatable bonds is 5. The van der Waals surface area contributed by atoms with Crippen molar-refractivity contribution in [2.45, 2.75) is 62.4 Å². The van der Waals surface area contributed by atoms with E-state index in [2.05, 4.69) is 4.99 Å². The number of methoxy groups -OCH3 is 1. The number of hydrogen-bond acceptors (Lipinski definition) is 12. The van der Waals surface area contributed by atoms with Crippen molar-refractivity contribution in [2.24, 2.45) is 10.7 Å². The summed E-state index contributed by atoms with van der Waals surface area (Å²) in [5.41, 5.74) is 3.29. The number of carbonyl (C=O) groups excluding carboxylic acids is 2. The summed E-state index contributed by atoms with van der Waals surface area (Å²) in [6.07, 6.45) is -4.32. The standard InChI is InChI=1S/C28H32N2O10/c1-11-23(32)14(29)7-18(39-11)40-16-9-28(37,17(10-31)30-2)8-13-20(16)27(36)22-21(25(13)34)24(33)12-5-4-6-15(38-3)19(12)26(22)35/h4-6,11,14,16,18,23,31-32,34,36-37H,7-10,29H2,1-3H3/t11-,14-,16-,18?,23+,28-/m0/s1. The van der Waals surface area contributed by atoms with Crippen LogP contribution in [0.1, 0.15) is 68.8 Å². The van der Waals surface area contributed by atoms with Gasteiger partial charge in [0.25, 0.3) is 0 Å². The minimum Gasteiger partial charge on any atom is -0.507 e. The molecule has 0 aromatic heterocycles. The van der Waals surface area contributed by atoms with E-state index < -0.39 is 77.0 Å². The largest absolute Gasteiger partial charge is 0.507 e. The first-order chi connectivity index (χ1) is 19.0. The monoisotopic (exact) mass is 556 g/mol. The summed E-state index contributed by atoms with van der Waals surface area (Å²) < 4.78 is 17.3. The smallest absolute Gasteiger partial charge is 0.202 e. The lowest BCUT2D eigenvalue weighted by molar-refractivity contribution is -0.245. The molecular weight excluding hydrogens is 524 g/mol. The first-order valence-corrected chi connectivity index (χ1v) is 12.9. The number of aromatic hydroxyl groups is 2. The van der Waals surface area contributed by atoms with Gasteiger partial charge in [0.15, 0.2) is 12.1 Å². The van der Waals surface area contributed by atoms with E-state index in [1.165, 1.54) is 32.4 Å². The Bertz CT molecular complexity index is 1410. The van der Waals surface area contributed by atoms with Crippen LogP contribution in [0.4, 0.5) is 0 Å². The summed E-state index contributed by atoms with van der Waals surface area (Å²) in [5, 5.41) is 54.8. The molecule has 1 unspecified atom stereocenters. The number of aliphatic hydroxyl groups excluding tert-OH is 2. The molecule has 0 amide bonds. The predicted octanol–water partition coefficient (Wildman–Crippen LogP) is 0.503. The van der Waals surface area contributed by atoms with E-state index in [9.17, 15) is 35.1 Å². The van der Waals surface area contributed by atoms with Gasteiger partial charge in [-0.1, -0.05) is 12.1 Å². The molecule has 0 saturated carbocycles. The van der Waals surface area contributed by atoms with Crippen molar-refractivity contribution >= 4 is 17.3 Å². The van der Waals surface area contributed by atoms with Crippen LogP contribution >= 0.6 is 0 Å². The lowest BCUT2D eigenvalue weighted by atomic mass is 9.71. The summed E-state index contributed by atoms with van der Waals surface area (Å²) in [7, 11) is 2.73. The molecule has 214 valence electrons. The van der Waals surface area contributed by atoms with Crippen LogP contribution < -0.4 is 10.5 Å². The Morgan fingerprint density at radius 2 is 1.88 bits per heavy atom. The Balaban J connectivity index is 1.70. The normalized spacial score (nSPS) is 30.0. The maximum atomic E-state index is 13.7. The van der Waals surface area contributed by atoms with Gasteiger partial charge in [0.2, 0.25) is 5.78 Å². The molecule has 2 aromatic rings. The number of carbonyl (C=O) groups is 2. The average molecular weight is 557 g/mol. The zero-order chi connectivity index (χ0) is 29.1. The zero-order valence-corrected chi connectivity index (χ0v) is 22.2. The molecule has 12 nitrogen and oxygen atoms in total. The van der Waals surface area contributed by atoms with Gasteiger partial charge < -0.3 is 45.5 Å². The summed E-state index contributed by atoms with van der Waals surface area (Å²) in [4.78, 5) is 31.3. The number of ketones is 2. The topological polar surface area (TPSA) is 201 Å². The van der Waals surface area contributed by atoms with Gasteiger partial charge in [-0.2, -0.15) is 0 Å². The second kappa shape index (κ2) is 10.2. The van der Waals surface area contributed by atoms with Crippen molar-refractivity contribution in [1.29, 1.82) is 0 Å². The van der Waals surface area contributed by atoms with Crippen molar-refractivity contribution < 1.29 is 49.3 Å². The molecule has 0 bridgehead atoms. The number of benzene rings is 2. The number of aliphatic hydroxyl groups is 3. The highest BCUT2D eigenvalue weighted by Crippen LogP contribution is 2.52. The van der Waals surface area contributed by atoms with Crippen molar-refractivity contribution in [1.82, 2.24) is 0 Å². The van der Waals surface area contributed by atoms with E-state index in [0.29, 0.717) is 0 Å². The van der Waals surface area contributed by atoms with Gasteiger partial charge in [-0.15, -0.1) is 0 Å². The lowest BCUT2D eigenvalue weighted by Crippen LogP contribution is -2.53.